The van der Waals surface area contributed by atoms with Crippen LogP contribution < -0.4 is 4.90 Å². The molecule has 0 radical (unpaired) electrons. The second-order valence-corrected chi connectivity index (χ2v) is 5.79. The Morgan fingerprint density at radius 1 is 1.29 bits per heavy atom. The van der Waals surface area contributed by atoms with E-state index in [-0.39, 0.29) is 5.38 Å². The monoisotopic (exact) mass is 255 g/mol. The second-order valence-electron chi connectivity index (χ2n) is 5.13. The lowest BCUT2D eigenvalue weighted by Gasteiger charge is -2.30. The Bertz CT molecular complexity index is 393. The standard InChI is InChI=1S/C12H18ClN3O/c1-8(13)11-14-15-12(17-11)16-7-6-9-4-2-3-5-10(9)16/h8-10H,2-7H2,1H3. The van der Waals surface area contributed by atoms with Crippen LogP contribution in [0.4, 0.5) is 6.01 Å². The van der Waals surface area contributed by atoms with E-state index in [1.165, 1.54) is 32.1 Å². The number of aromatic nitrogens is 2. The van der Waals surface area contributed by atoms with E-state index >= 15 is 0 Å². The van der Waals surface area contributed by atoms with Gasteiger partial charge in [-0.05, 0) is 32.1 Å². The van der Waals surface area contributed by atoms with Crippen molar-refractivity contribution in [3.63, 3.8) is 0 Å². The molecule has 1 aromatic rings. The minimum atomic E-state index is -0.207. The van der Waals surface area contributed by atoms with Crippen molar-refractivity contribution in [3.8, 4) is 0 Å². The number of hydrogen-bond acceptors (Lipinski definition) is 4. The molecule has 3 atom stereocenters. The molecule has 0 spiro atoms. The topological polar surface area (TPSA) is 42.2 Å². The maximum atomic E-state index is 5.95. The van der Waals surface area contributed by atoms with E-state index in [1.54, 1.807) is 0 Å². The summed E-state index contributed by atoms with van der Waals surface area (Å²) in [7, 11) is 0. The Balaban J connectivity index is 1.79. The van der Waals surface area contributed by atoms with Gasteiger partial charge in [0.2, 0.25) is 5.89 Å². The van der Waals surface area contributed by atoms with Crippen molar-refractivity contribution in [1.29, 1.82) is 0 Å². The van der Waals surface area contributed by atoms with E-state index in [1.807, 2.05) is 6.92 Å². The molecule has 1 aliphatic carbocycles. The van der Waals surface area contributed by atoms with Gasteiger partial charge in [-0.2, -0.15) is 0 Å². The summed E-state index contributed by atoms with van der Waals surface area (Å²) in [6, 6.07) is 1.28. The third kappa shape index (κ3) is 2.03. The molecule has 1 aliphatic heterocycles. The van der Waals surface area contributed by atoms with E-state index in [4.69, 9.17) is 16.0 Å². The van der Waals surface area contributed by atoms with Crippen molar-refractivity contribution in [2.24, 2.45) is 5.92 Å². The quantitative estimate of drug-likeness (QED) is 0.762. The molecule has 0 N–H and O–H groups in total. The lowest BCUT2D eigenvalue weighted by Crippen LogP contribution is -2.34. The zero-order valence-corrected chi connectivity index (χ0v) is 10.9. The Hall–Kier alpha value is -0.770. The van der Waals surface area contributed by atoms with Crippen LogP contribution in [0.15, 0.2) is 4.42 Å². The van der Waals surface area contributed by atoms with Crippen LogP contribution in [-0.2, 0) is 0 Å². The van der Waals surface area contributed by atoms with Gasteiger partial charge < -0.3 is 9.32 Å². The van der Waals surface area contributed by atoms with Gasteiger partial charge in [0.1, 0.15) is 5.38 Å². The molecule has 1 saturated heterocycles. The van der Waals surface area contributed by atoms with Gasteiger partial charge in [0.15, 0.2) is 0 Å². The first-order valence-corrected chi connectivity index (χ1v) is 6.93. The smallest absolute Gasteiger partial charge is 0.318 e. The first-order valence-electron chi connectivity index (χ1n) is 6.50. The summed E-state index contributed by atoms with van der Waals surface area (Å²) in [4.78, 5) is 2.29. The van der Waals surface area contributed by atoms with Crippen LogP contribution in [0.3, 0.4) is 0 Å². The maximum Gasteiger partial charge on any atom is 0.318 e. The van der Waals surface area contributed by atoms with Crippen LogP contribution in [0.2, 0.25) is 0 Å². The van der Waals surface area contributed by atoms with Crippen LogP contribution in [0, 0.1) is 5.92 Å². The first kappa shape index (κ1) is 11.3. The van der Waals surface area contributed by atoms with Crippen LogP contribution in [0.5, 0.6) is 0 Å². The number of rotatable bonds is 2. The molecule has 2 heterocycles. The van der Waals surface area contributed by atoms with Gasteiger partial charge in [0.25, 0.3) is 0 Å². The van der Waals surface area contributed by atoms with Gasteiger partial charge >= 0.3 is 6.01 Å². The summed E-state index contributed by atoms with van der Waals surface area (Å²) in [5, 5.41) is 7.94. The molecule has 2 aliphatic rings. The van der Waals surface area contributed by atoms with Crippen molar-refractivity contribution < 1.29 is 4.42 Å². The average Bonchev–Trinajstić information content (AvgIpc) is 2.95. The second kappa shape index (κ2) is 4.48. The molecule has 0 amide bonds. The summed E-state index contributed by atoms with van der Waals surface area (Å²) in [5.74, 6) is 1.36. The van der Waals surface area contributed by atoms with Crippen LogP contribution in [0.25, 0.3) is 0 Å². The summed E-state index contributed by atoms with van der Waals surface area (Å²) in [5.41, 5.74) is 0. The third-order valence-corrected chi connectivity index (χ3v) is 4.21. The number of alkyl halides is 1. The van der Waals surface area contributed by atoms with E-state index in [0.29, 0.717) is 17.9 Å². The lowest BCUT2D eigenvalue weighted by atomic mass is 9.85. The minimum absolute atomic E-state index is 0.207. The zero-order valence-electron chi connectivity index (χ0n) is 10.1. The molecule has 17 heavy (non-hydrogen) atoms. The van der Waals surface area contributed by atoms with Gasteiger partial charge in [-0.3, -0.25) is 0 Å². The molecular weight excluding hydrogens is 238 g/mol. The number of halogens is 1. The molecule has 94 valence electrons. The SMILES string of the molecule is CC(Cl)c1nnc(N2CCC3CCCCC32)o1. The predicted octanol–water partition coefficient (Wildman–Crippen LogP) is 3.14. The largest absolute Gasteiger partial charge is 0.406 e. The summed E-state index contributed by atoms with van der Waals surface area (Å²) in [6.45, 7) is 2.90. The summed E-state index contributed by atoms with van der Waals surface area (Å²) < 4.78 is 5.65. The number of hydrogen-bond donors (Lipinski definition) is 0. The highest BCUT2D eigenvalue weighted by atomic mass is 35.5. The fourth-order valence-corrected chi connectivity index (χ4v) is 3.23. The molecule has 1 saturated carbocycles. The van der Waals surface area contributed by atoms with E-state index in [0.717, 1.165) is 12.5 Å². The highest BCUT2D eigenvalue weighted by Crippen LogP contribution is 2.38. The zero-order chi connectivity index (χ0) is 11.8. The Morgan fingerprint density at radius 3 is 2.88 bits per heavy atom. The average molecular weight is 256 g/mol. The Kier molecular flexibility index (Phi) is 2.99. The van der Waals surface area contributed by atoms with Gasteiger partial charge in [-0.1, -0.05) is 17.9 Å². The highest BCUT2D eigenvalue weighted by molar-refractivity contribution is 6.20. The van der Waals surface area contributed by atoms with Gasteiger partial charge in [-0.15, -0.1) is 16.7 Å². The van der Waals surface area contributed by atoms with E-state index in [9.17, 15) is 0 Å². The lowest BCUT2D eigenvalue weighted by molar-refractivity contribution is 0.334. The molecular formula is C12H18ClN3O. The van der Waals surface area contributed by atoms with Crippen molar-refractivity contribution in [2.45, 2.75) is 50.4 Å². The van der Waals surface area contributed by atoms with Crippen molar-refractivity contribution in [2.75, 3.05) is 11.4 Å². The molecule has 3 rings (SSSR count). The summed E-state index contributed by atoms with van der Waals surface area (Å²) in [6.07, 6.45) is 6.58. The molecule has 5 heteroatoms. The fraction of sp³-hybridized carbons (Fsp3) is 0.833. The molecule has 2 fully saturated rings. The highest BCUT2D eigenvalue weighted by Gasteiger charge is 2.38. The third-order valence-electron chi connectivity index (χ3n) is 4.03. The molecule has 0 aromatic carbocycles. The van der Waals surface area contributed by atoms with Crippen molar-refractivity contribution in [1.82, 2.24) is 10.2 Å². The van der Waals surface area contributed by atoms with Crippen molar-refractivity contribution >= 4 is 17.6 Å². The van der Waals surface area contributed by atoms with Crippen molar-refractivity contribution in [3.05, 3.63) is 5.89 Å². The van der Waals surface area contributed by atoms with Crippen LogP contribution in [0.1, 0.15) is 50.3 Å². The maximum absolute atomic E-state index is 5.95. The molecule has 3 unspecified atom stereocenters. The van der Waals surface area contributed by atoms with E-state index < -0.39 is 0 Å². The van der Waals surface area contributed by atoms with Gasteiger partial charge in [0.05, 0.1) is 0 Å². The fourth-order valence-electron chi connectivity index (χ4n) is 3.15. The van der Waals surface area contributed by atoms with Gasteiger partial charge in [-0.25, -0.2) is 0 Å². The number of nitrogens with zero attached hydrogens (tertiary/aromatic N) is 3. The normalized spacial score (nSPS) is 30.4. The molecule has 4 nitrogen and oxygen atoms in total. The minimum Gasteiger partial charge on any atom is -0.406 e. The van der Waals surface area contributed by atoms with Crippen LogP contribution >= 0.6 is 11.6 Å². The molecule has 0 bridgehead atoms. The van der Waals surface area contributed by atoms with Gasteiger partial charge in [0, 0.05) is 12.6 Å². The summed E-state index contributed by atoms with van der Waals surface area (Å²) >= 11 is 5.95. The Morgan fingerprint density at radius 2 is 2.12 bits per heavy atom. The number of fused-ring (bicyclic) bond motifs is 1. The molecule has 1 aromatic heterocycles. The number of anilines is 1. The van der Waals surface area contributed by atoms with E-state index in [2.05, 4.69) is 15.1 Å². The first-order chi connectivity index (χ1) is 8.25. The Labute approximate surface area is 106 Å². The predicted molar refractivity (Wildman–Crippen MR) is 66.3 cm³/mol. The van der Waals surface area contributed by atoms with Crippen LogP contribution in [-0.4, -0.2) is 22.8 Å².